The molecule has 0 amide bonds. The standard InChI is InChI=1S/C12H20O4/c1-5-15-8-10(7-13)11(9(3)4)12(14)16-6-2/h7-9,11H,5-6H2,1-4H3. The Bertz CT molecular complexity index is 256. The predicted molar refractivity (Wildman–Crippen MR) is 60.7 cm³/mol. The molecule has 0 aromatic carbocycles. The fraction of sp³-hybridized carbons (Fsp3) is 0.667. The summed E-state index contributed by atoms with van der Waals surface area (Å²) in [7, 11) is 0. The zero-order valence-electron chi connectivity index (χ0n) is 10.4. The van der Waals surface area contributed by atoms with Crippen molar-refractivity contribution in [3.63, 3.8) is 0 Å². The lowest BCUT2D eigenvalue weighted by atomic mass is 9.89. The minimum Gasteiger partial charge on any atom is -0.501 e. The Hall–Kier alpha value is -1.32. The molecule has 0 aliphatic heterocycles. The largest absolute Gasteiger partial charge is 0.501 e. The third-order valence-electron chi connectivity index (χ3n) is 2.09. The van der Waals surface area contributed by atoms with Gasteiger partial charge < -0.3 is 9.47 Å². The summed E-state index contributed by atoms with van der Waals surface area (Å²) in [6, 6.07) is 0. The molecule has 0 bridgehead atoms. The van der Waals surface area contributed by atoms with E-state index in [9.17, 15) is 9.59 Å². The van der Waals surface area contributed by atoms with Gasteiger partial charge in [-0.05, 0) is 19.8 Å². The van der Waals surface area contributed by atoms with E-state index in [1.54, 1.807) is 6.92 Å². The van der Waals surface area contributed by atoms with Crippen molar-refractivity contribution < 1.29 is 19.1 Å². The Morgan fingerprint density at radius 2 is 1.88 bits per heavy atom. The molecule has 4 nitrogen and oxygen atoms in total. The zero-order valence-corrected chi connectivity index (χ0v) is 10.4. The van der Waals surface area contributed by atoms with Crippen LogP contribution in [0.25, 0.3) is 0 Å². The number of rotatable bonds is 7. The Morgan fingerprint density at radius 3 is 2.25 bits per heavy atom. The van der Waals surface area contributed by atoms with Crippen LogP contribution in [0, 0.1) is 11.8 Å². The Morgan fingerprint density at radius 1 is 1.25 bits per heavy atom. The summed E-state index contributed by atoms with van der Waals surface area (Å²) in [4.78, 5) is 22.6. The molecular weight excluding hydrogens is 208 g/mol. The van der Waals surface area contributed by atoms with Gasteiger partial charge in [0, 0.05) is 5.57 Å². The van der Waals surface area contributed by atoms with Crippen molar-refractivity contribution in [2.45, 2.75) is 27.7 Å². The van der Waals surface area contributed by atoms with E-state index in [4.69, 9.17) is 9.47 Å². The summed E-state index contributed by atoms with van der Waals surface area (Å²) in [5.41, 5.74) is 0.329. The van der Waals surface area contributed by atoms with E-state index in [2.05, 4.69) is 0 Å². The monoisotopic (exact) mass is 228 g/mol. The fourth-order valence-corrected chi connectivity index (χ4v) is 1.38. The molecule has 0 fully saturated rings. The lowest BCUT2D eigenvalue weighted by Crippen LogP contribution is -2.25. The molecule has 0 saturated heterocycles. The van der Waals surface area contributed by atoms with Crippen LogP contribution in [0.2, 0.25) is 0 Å². The van der Waals surface area contributed by atoms with Gasteiger partial charge in [0.1, 0.15) is 6.29 Å². The average Bonchev–Trinajstić information content (AvgIpc) is 2.23. The predicted octanol–water partition coefficient (Wildman–Crippen LogP) is 1.94. The molecule has 1 atom stereocenters. The highest BCUT2D eigenvalue weighted by Gasteiger charge is 2.27. The summed E-state index contributed by atoms with van der Waals surface area (Å²) in [5.74, 6) is -0.935. The van der Waals surface area contributed by atoms with Gasteiger partial charge in [0.05, 0.1) is 25.4 Å². The van der Waals surface area contributed by atoms with Gasteiger partial charge in [-0.2, -0.15) is 0 Å². The fourth-order valence-electron chi connectivity index (χ4n) is 1.38. The lowest BCUT2D eigenvalue weighted by molar-refractivity contribution is -0.148. The van der Waals surface area contributed by atoms with Crippen LogP contribution >= 0.6 is 0 Å². The highest BCUT2D eigenvalue weighted by atomic mass is 16.5. The summed E-state index contributed by atoms with van der Waals surface area (Å²) in [5, 5.41) is 0. The Balaban J connectivity index is 4.86. The molecule has 1 unspecified atom stereocenters. The maximum Gasteiger partial charge on any atom is 0.313 e. The molecule has 0 N–H and O–H groups in total. The second kappa shape index (κ2) is 7.91. The maximum absolute atomic E-state index is 11.7. The van der Waals surface area contributed by atoms with Crippen LogP contribution in [0.5, 0.6) is 0 Å². The number of hydrogen-bond acceptors (Lipinski definition) is 4. The average molecular weight is 228 g/mol. The van der Waals surface area contributed by atoms with Gasteiger partial charge in [-0.3, -0.25) is 9.59 Å². The molecule has 0 aromatic heterocycles. The Kier molecular flexibility index (Phi) is 7.25. The van der Waals surface area contributed by atoms with Crippen molar-refractivity contribution in [1.82, 2.24) is 0 Å². The van der Waals surface area contributed by atoms with Crippen LogP contribution in [0.15, 0.2) is 11.8 Å². The molecule has 0 rings (SSSR count). The van der Waals surface area contributed by atoms with Gasteiger partial charge in [0.15, 0.2) is 0 Å². The van der Waals surface area contributed by atoms with E-state index < -0.39 is 5.92 Å². The van der Waals surface area contributed by atoms with Crippen LogP contribution in [0.4, 0.5) is 0 Å². The van der Waals surface area contributed by atoms with Crippen molar-refractivity contribution in [3.05, 3.63) is 11.8 Å². The van der Waals surface area contributed by atoms with Crippen LogP contribution in [0.1, 0.15) is 27.7 Å². The molecule has 0 aliphatic carbocycles. The van der Waals surface area contributed by atoms with E-state index in [1.807, 2.05) is 20.8 Å². The SMILES string of the molecule is CCOC=C(C=O)C(C(=O)OCC)C(C)C. The molecule has 0 spiro atoms. The third-order valence-corrected chi connectivity index (χ3v) is 2.09. The topological polar surface area (TPSA) is 52.6 Å². The highest BCUT2D eigenvalue weighted by molar-refractivity contribution is 5.87. The quantitative estimate of drug-likeness (QED) is 0.289. The van der Waals surface area contributed by atoms with Gasteiger partial charge in [0.25, 0.3) is 0 Å². The molecule has 0 saturated carbocycles. The van der Waals surface area contributed by atoms with Crippen LogP contribution in [0.3, 0.4) is 0 Å². The molecule has 16 heavy (non-hydrogen) atoms. The zero-order chi connectivity index (χ0) is 12.6. The van der Waals surface area contributed by atoms with Crippen molar-refractivity contribution in [1.29, 1.82) is 0 Å². The van der Waals surface area contributed by atoms with Crippen LogP contribution in [-0.2, 0) is 19.1 Å². The van der Waals surface area contributed by atoms with Crippen molar-refractivity contribution in [2.75, 3.05) is 13.2 Å². The number of aldehydes is 1. The first-order chi connectivity index (χ1) is 7.58. The Labute approximate surface area is 96.6 Å². The molecule has 0 heterocycles. The summed E-state index contributed by atoms with van der Waals surface area (Å²) >= 11 is 0. The van der Waals surface area contributed by atoms with Gasteiger partial charge in [0.2, 0.25) is 0 Å². The van der Waals surface area contributed by atoms with E-state index in [1.165, 1.54) is 6.26 Å². The van der Waals surface area contributed by atoms with Gasteiger partial charge >= 0.3 is 5.97 Å². The molecule has 92 valence electrons. The van der Waals surface area contributed by atoms with Crippen molar-refractivity contribution in [3.8, 4) is 0 Å². The molecule has 0 aromatic rings. The van der Waals surface area contributed by atoms with Crippen molar-refractivity contribution in [2.24, 2.45) is 11.8 Å². The number of esters is 1. The van der Waals surface area contributed by atoms with E-state index in [0.29, 0.717) is 25.1 Å². The summed E-state index contributed by atoms with van der Waals surface area (Å²) in [6.07, 6.45) is 1.99. The van der Waals surface area contributed by atoms with Crippen LogP contribution < -0.4 is 0 Å². The van der Waals surface area contributed by atoms with E-state index >= 15 is 0 Å². The number of carbonyl (C=O) groups is 2. The lowest BCUT2D eigenvalue weighted by Gasteiger charge is -2.18. The minimum atomic E-state index is -0.552. The molecule has 0 radical (unpaired) electrons. The number of hydrogen-bond donors (Lipinski definition) is 0. The molecular formula is C12H20O4. The second-order valence-electron chi connectivity index (χ2n) is 3.66. The molecule has 4 heteroatoms. The molecule has 0 aliphatic rings. The normalized spacial score (nSPS) is 13.4. The first-order valence-electron chi connectivity index (χ1n) is 5.51. The van der Waals surface area contributed by atoms with Gasteiger partial charge in [-0.1, -0.05) is 13.8 Å². The van der Waals surface area contributed by atoms with Gasteiger partial charge in [-0.15, -0.1) is 0 Å². The van der Waals surface area contributed by atoms with Crippen molar-refractivity contribution >= 4 is 12.3 Å². The first-order valence-corrected chi connectivity index (χ1v) is 5.51. The van der Waals surface area contributed by atoms with Gasteiger partial charge in [-0.25, -0.2) is 0 Å². The first kappa shape index (κ1) is 14.7. The maximum atomic E-state index is 11.7. The summed E-state index contributed by atoms with van der Waals surface area (Å²) in [6.45, 7) is 8.05. The van der Waals surface area contributed by atoms with E-state index in [-0.39, 0.29) is 11.9 Å². The number of ether oxygens (including phenoxy) is 2. The number of carbonyl (C=O) groups excluding carboxylic acids is 2. The second-order valence-corrected chi connectivity index (χ2v) is 3.66. The third kappa shape index (κ3) is 4.47. The highest BCUT2D eigenvalue weighted by Crippen LogP contribution is 2.21. The van der Waals surface area contributed by atoms with E-state index in [0.717, 1.165) is 0 Å². The summed E-state index contributed by atoms with van der Waals surface area (Å²) < 4.78 is 9.98. The smallest absolute Gasteiger partial charge is 0.313 e. The van der Waals surface area contributed by atoms with Crippen LogP contribution in [-0.4, -0.2) is 25.5 Å². The minimum absolute atomic E-state index is 0.00374.